The first-order chi connectivity index (χ1) is 9.47. The van der Waals surface area contributed by atoms with Crippen molar-refractivity contribution in [3.8, 4) is 0 Å². The van der Waals surface area contributed by atoms with Crippen LogP contribution in [0.4, 0.5) is 4.39 Å². The standard InChI is InChI=1S/C13H18FNO4S/c1-19-12-4-2-3-11(12)15-20(17,18)13-7-9(8-16)5-6-10(13)14/h5-7,11-12,15-16H,2-4,8H2,1H3. The van der Waals surface area contributed by atoms with E-state index in [1.54, 1.807) is 0 Å². The van der Waals surface area contributed by atoms with Crippen LogP contribution in [0.3, 0.4) is 0 Å². The summed E-state index contributed by atoms with van der Waals surface area (Å²) in [5, 5.41) is 9.03. The van der Waals surface area contributed by atoms with Gasteiger partial charge in [0.25, 0.3) is 0 Å². The summed E-state index contributed by atoms with van der Waals surface area (Å²) in [6, 6.07) is 3.20. The predicted molar refractivity (Wildman–Crippen MR) is 71.1 cm³/mol. The molecule has 1 fully saturated rings. The van der Waals surface area contributed by atoms with Gasteiger partial charge in [0.2, 0.25) is 10.0 Å². The maximum absolute atomic E-state index is 13.7. The van der Waals surface area contributed by atoms with E-state index in [0.717, 1.165) is 25.0 Å². The van der Waals surface area contributed by atoms with Crippen molar-refractivity contribution in [3.63, 3.8) is 0 Å². The van der Waals surface area contributed by atoms with Crippen molar-refractivity contribution in [1.82, 2.24) is 4.72 Å². The summed E-state index contributed by atoms with van der Waals surface area (Å²) < 4.78 is 45.9. The molecule has 1 saturated carbocycles. The van der Waals surface area contributed by atoms with Gasteiger partial charge in [-0.3, -0.25) is 0 Å². The predicted octanol–water partition coefficient (Wildman–Crippen LogP) is 1.16. The monoisotopic (exact) mass is 303 g/mol. The number of aliphatic hydroxyl groups excluding tert-OH is 1. The summed E-state index contributed by atoms with van der Waals surface area (Å²) in [5.41, 5.74) is 0.349. The largest absolute Gasteiger partial charge is 0.392 e. The molecule has 2 unspecified atom stereocenters. The Kier molecular flexibility index (Phi) is 4.74. The molecule has 1 aliphatic carbocycles. The SMILES string of the molecule is COC1CCCC1NS(=O)(=O)c1cc(CO)ccc1F. The lowest BCUT2D eigenvalue weighted by molar-refractivity contribution is 0.0916. The molecular weight excluding hydrogens is 285 g/mol. The number of rotatable bonds is 5. The van der Waals surface area contributed by atoms with Gasteiger partial charge >= 0.3 is 0 Å². The van der Waals surface area contributed by atoms with Gasteiger partial charge < -0.3 is 9.84 Å². The fraction of sp³-hybridized carbons (Fsp3) is 0.538. The zero-order chi connectivity index (χ0) is 14.8. The van der Waals surface area contributed by atoms with Crippen molar-refractivity contribution >= 4 is 10.0 Å². The maximum atomic E-state index is 13.7. The lowest BCUT2D eigenvalue weighted by Crippen LogP contribution is -2.40. The zero-order valence-corrected chi connectivity index (χ0v) is 12.0. The van der Waals surface area contributed by atoms with Crippen molar-refractivity contribution in [2.24, 2.45) is 0 Å². The molecule has 0 heterocycles. The highest BCUT2D eigenvalue weighted by molar-refractivity contribution is 7.89. The molecule has 1 aromatic carbocycles. The van der Waals surface area contributed by atoms with Gasteiger partial charge in [0.05, 0.1) is 12.7 Å². The molecule has 0 aromatic heterocycles. The average Bonchev–Trinajstić information content (AvgIpc) is 2.85. The number of ether oxygens (including phenoxy) is 1. The smallest absolute Gasteiger partial charge is 0.243 e. The number of benzene rings is 1. The van der Waals surface area contributed by atoms with Crippen LogP contribution in [0.1, 0.15) is 24.8 Å². The Morgan fingerprint density at radius 1 is 1.45 bits per heavy atom. The van der Waals surface area contributed by atoms with Gasteiger partial charge in [0, 0.05) is 13.2 Å². The molecular formula is C13H18FNO4S. The van der Waals surface area contributed by atoms with E-state index in [4.69, 9.17) is 9.84 Å². The van der Waals surface area contributed by atoms with Crippen molar-refractivity contribution in [1.29, 1.82) is 0 Å². The van der Waals surface area contributed by atoms with E-state index in [2.05, 4.69) is 4.72 Å². The van der Waals surface area contributed by atoms with E-state index in [9.17, 15) is 12.8 Å². The van der Waals surface area contributed by atoms with Crippen molar-refractivity contribution in [2.45, 2.75) is 42.9 Å². The number of sulfonamides is 1. The molecule has 112 valence electrons. The van der Waals surface area contributed by atoms with Crippen LogP contribution >= 0.6 is 0 Å². The third-order valence-corrected chi connectivity index (χ3v) is 5.03. The molecule has 1 aromatic rings. The van der Waals surface area contributed by atoms with Gasteiger partial charge in [-0.15, -0.1) is 0 Å². The molecule has 2 rings (SSSR count). The fourth-order valence-corrected chi connectivity index (χ4v) is 3.88. The molecule has 7 heteroatoms. The second kappa shape index (κ2) is 6.17. The number of hydrogen-bond acceptors (Lipinski definition) is 4. The molecule has 20 heavy (non-hydrogen) atoms. The van der Waals surface area contributed by atoms with Crippen molar-refractivity contribution in [3.05, 3.63) is 29.6 Å². The van der Waals surface area contributed by atoms with Crippen LogP contribution in [-0.2, 0) is 21.4 Å². The van der Waals surface area contributed by atoms with E-state index >= 15 is 0 Å². The Hall–Kier alpha value is -1.02. The Bertz CT molecular complexity index is 576. The topological polar surface area (TPSA) is 75.6 Å². The summed E-state index contributed by atoms with van der Waals surface area (Å²) in [4.78, 5) is -0.439. The highest BCUT2D eigenvalue weighted by atomic mass is 32.2. The number of hydrogen-bond donors (Lipinski definition) is 2. The van der Waals surface area contributed by atoms with Gasteiger partial charge in [-0.2, -0.15) is 0 Å². The van der Waals surface area contributed by atoms with Crippen LogP contribution in [0, 0.1) is 5.82 Å². The molecule has 0 amide bonds. The van der Waals surface area contributed by atoms with Crippen LogP contribution in [0.5, 0.6) is 0 Å². The third kappa shape index (κ3) is 3.17. The number of halogens is 1. The van der Waals surface area contributed by atoms with E-state index in [1.165, 1.54) is 13.2 Å². The molecule has 0 aliphatic heterocycles. The minimum Gasteiger partial charge on any atom is -0.392 e. The zero-order valence-electron chi connectivity index (χ0n) is 11.2. The summed E-state index contributed by atoms with van der Waals surface area (Å²) in [6.45, 7) is -0.340. The van der Waals surface area contributed by atoms with Gasteiger partial charge in [0.15, 0.2) is 0 Å². The summed E-state index contributed by atoms with van der Waals surface area (Å²) in [5.74, 6) is -0.832. The van der Waals surface area contributed by atoms with Crippen molar-refractivity contribution < 1.29 is 22.7 Å². The second-order valence-corrected chi connectivity index (χ2v) is 6.54. The summed E-state index contributed by atoms with van der Waals surface area (Å²) in [6.07, 6.45) is 2.13. The first-order valence-corrected chi connectivity index (χ1v) is 7.90. The van der Waals surface area contributed by atoms with Crippen LogP contribution in [0.2, 0.25) is 0 Å². The van der Waals surface area contributed by atoms with E-state index in [-0.39, 0.29) is 18.8 Å². The lowest BCUT2D eigenvalue weighted by Gasteiger charge is -2.20. The molecule has 0 spiro atoms. The molecule has 5 nitrogen and oxygen atoms in total. The van der Waals surface area contributed by atoms with E-state index in [1.807, 2.05) is 0 Å². The maximum Gasteiger partial charge on any atom is 0.243 e. The Balaban J connectivity index is 2.26. The molecule has 0 radical (unpaired) electrons. The molecule has 0 saturated heterocycles. The van der Waals surface area contributed by atoms with Gasteiger partial charge in [-0.25, -0.2) is 17.5 Å². The minimum atomic E-state index is -3.97. The fourth-order valence-electron chi connectivity index (χ4n) is 2.46. The second-order valence-electron chi connectivity index (χ2n) is 4.86. The minimum absolute atomic E-state index is 0.186. The Morgan fingerprint density at radius 2 is 2.20 bits per heavy atom. The van der Waals surface area contributed by atoms with Crippen LogP contribution in [-0.4, -0.2) is 32.8 Å². The van der Waals surface area contributed by atoms with Crippen LogP contribution in [0.15, 0.2) is 23.1 Å². The number of methoxy groups -OCH3 is 1. The molecule has 0 bridgehead atoms. The normalized spacial score (nSPS) is 23.1. The summed E-state index contributed by atoms with van der Waals surface area (Å²) in [7, 11) is -2.43. The molecule has 1 aliphatic rings. The first kappa shape index (κ1) is 15.4. The Labute approximate surface area is 117 Å². The van der Waals surface area contributed by atoms with Crippen LogP contribution < -0.4 is 4.72 Å². The lowest BCUT2D eigenvalue weighted by atomic mass is 10.2. The van der Waals surface area contributed by atoms with E-state index in [0.29, 0.717) is 12.0 Å². The Morgan fingerprint density at radius 3 is 2.85 bits per heavy atom. The number of nitrogens with one attached hydrogen (secondary N) is 1. The van der Waals surface area contributed by atoms with Crippen molar-refractivity contribution in [2.75, 3.05) is 7.11 Å². The highest BCUT2D eigenvalue weighted by Gasteiger charge is 2.32. The van der Waals surface area contributed by atoms with Gasteiger partial charge in [0.1, 0.15) is 10.7 Å². The van der Waals surface area contributed by atoms with Crippen LogP contribution in [0.25, 0.3) is 0 Å². The van der Waals surface area contributed by atoms with Gasteiger partial charge in [-0.1, -0.05) is 6.07 Å². The highest BCUT2D eigenvalue weighted by Crippen LogP contribution is 2.24. The average molecular weight is 303 g/mol. The molecule has 2 N–H and O–H groups in total. The van der Waals surface area contributed by atoms with E-state index < -0.39 is 20.7 Å². The molecule has 2 atom stereocenters. The van der Waals surface area contributed by atoms with Gasteiger partial charge in [-0.05, 0) is 37.0 Å². The number of aliphatic hydroxyl groups is 1. The quantitative estimate of drug-likeness (QED) is 0.856. The first-order valence-electron chi connectivity index (χ1n) is 6.42. The third-order valence-electron chi connectivity index (χ3n) is 3.53. The summed E-state index contributed by atoms with van der Waals surface area (Å²) >= 11 is 0.